The first kappa shape index (κ1) is 13.3. The lowest BCUT2D eigenvalue weighted by Gasteiger charge is -2.40. The zero-order valence-corrected chi connectivity index (χ0v) is 11.4. The second-order valence-corrected chi connectivity index (χ2v) is 5.51. The molecular formula is C13H22N2O3. The van der Waals surface area contributed by atoms with Crippen LogP contribution >= 0.6 is 0 Å². The van der Waals surface area contributed by atoms with Crippen LogP contribution in [0.1, 0.15) is 40.0 Å². The Kier molecular flexibility index (Phi) is 3.61. The van der Waals surface area contributed by atoms with Crippen molar-refractivity contribution in [3.8, 4) is 0 Å². The van der Waals surface area contributed by atoms with Crippen LogP contribution in [0, 0.1) is 0 Å². The van der Waals surface area contributed by atoms with Crippen LogP contribution in [0.2, 0.25) is 0 Å². The lowest BCUT2D eigenvalue weighted by Crippen LogP contribution is -2.64. The van der Waals surface area contributed by atoms with E-state index in [9.17, 15) is 9.59 Å². The number of hydrogen-bond acceptors (Lipinski definition) is 3. The molecule has 0 aromatic heterocycles. The fourth-order valence-electron chi connectivity index (χ4n) is 2.70. The zero-order valence-electron chi connectivity index (χ0n) is 11.4. The third-order valence-electron chi connectivity index (χ3n) is 3.96. The molecule has 2 aliphatic heterocycles. The second kappa shape index (κ2) is 4.88. The standard InChI is InChI=1S/C13H22N2O3/c1-4-10-12(17)15(9(2)11(16)14-10)8-13(3)6-5-7-18-13/h9-10H,4-8H2,1-3H3,(H,14,16). The van der Waals surface area contributed by atoms with E-state index in [-0.39, 0.29) is 23.5 Å². The van der Waals surface area contributed by atoms with Crippen molar-refractivity contribution < 1.29 is 14.3 Å². The van der Waals surface area contributed by atoms with Gasteiger partial charge in [0.15, 0.2) is 0 Å². The Morgan fingerprint density at radius 2 is 2.22 bits per heavy atom. The van der Waals surface area contributed by atoms with Crippen molar-refractivity contribution in [3.63, 3.8) is 0 Å². The highest BCUT2D eigenvalue weighted by molar-refractivity contribution is 5.96. The number of nitrogens with one attached hydrogen (secondary N) is 1. The lowest BCUT2D eigenvalue weighted by molar-refractivity contribution is -0.152. The SMILES string of the molecule is CCC1NC(=O)C(C)N(CC2(C)CCCO2)C1=O. The summed E-state index contributed by atoms with van der Waals surface area (Å²) in [5.74, 6) is -0.0515. The van der Waals surface area contributed by atoms with Gasteiger partial charge in [-0.3, -0.25) is 9.59 Å². The average molecular weight is 254 g/mol. The maximum atomic E-state index is 12.3. The van der Waals surface area contributed by atoms with Crippen LogP contribution in [0.15, 0.2) is 0 Å². The number of ether oxygens (including phenoxy) is 1. The number of piperazine rings is 1. The minimum Gasteiger partial charge on any atom is -0.373 e. The predicted octanol–water partition coefficient (Wildman–Crippen LogP) is 0.681. The molecule has 5 nitrogen and oxygen atoms in total. The van der Waals surface area contributed by atoms with Crippen LogP contribution in [-0.2, 0) is 14.3 Å². The van der Waals surface area contributed by atoms with Crippen molar-refractivity contribution in [3.05, 3.63) is 0 Å². The molecule has 2 saturated heterocycles. The smallest absolute Gasteiger partial charge is 0.245 e. The summed E-state index contributed by atoms with van der Waals surface area (Å²) < 4.78 is 5.72. The molecule has 2 fully saturated rings. The van der Waals surface area contributed by atoms with Gasteiger partial charge in [0.25, 0.3) is 0 Å². The molecule has 3 atom stereocenters. The van der Waals surface area contributed by atoms with Gasteiger partial charge in [-0.05, 0) is 33.1 Å². The molecule has 0 radical (unpaired) electrons. The predicted molar refractivity (Wildman–Crippen MR) is 67.0 cm³/mol. The average Bonchev–Trinajstić information content (AvgIpc) is 2.76. The Morgan fingerprint density at radius 3 is 2.78 bits per heavy atom. The van der Waals surface area contributed by atoms with Crippen molar-refractivity contribution in [1.29, 1.82) is 0 Å². The van der Waals surface area contributed by atoms with E-state index in [0.29, 0.717) is 13.0 Å². The Hall–Kier alpha value is -1.10. The van der Waals surface area contributed by atoms with E-state index in [1.807, 2.05) is 13.8 Å². The van der Waals surface area contributed by atoms with Crippen molar-refractivity contribution in [2.24, 2.45) is 0 Å². The molecule has 2 amide bonds. The largest absolute Gasteiger partial charge is 0.373 e. The highest BCUT2D eigenvalue weighted by atomic mass is 16.5. The first-order chi connectivity index (χ1) is 8.47. The number of rotatable bonds is 3. The van der Waals surface area contributed by atoms with Gasteiger partial charge in [0, 0.05) is 6.61 Å². The molecule has 0 aliphatic carbocycles. The quantitative estimate of drug-likeness (QED) is 0.806. The highest BCUT2D eigenvalue weighted by Gasteiger charge is 2.42. The lowest BCUT2D eigenvalue weighted by atomic mass is 9.98. The Morgan fingerprint density at radius 1 is 1.50 bits per heavy atom. The Labute approximate surface area is 108 Å². The van der Waals surface area contributed by atoms with E-state index in [2.05, 4.69) is 5.32 Å². The second-order valence-electron chi connectivity index (χ2n) is 5.51. The molecule has 2 heterocycles. The van der Waals surface area contributed by atoms with Gasteiger partial charge in [0.2, 0.25) is 11.8 Å². The minimum atomic E-state index is -0.402. The minimum absolute atomic E-state index is 0.0151. The molecule has 2 aliphatic rings. The van der Waals surface area contributed by atoms with Gasteiger partial charge in [-0.15, -0.1) is 0 Å². The molecule has 2 rings (SSSR count). The van der Waals surface area contributed by atoms with Crippen molar-refractivity contribution in [2.75, 3.05) is 13.2 Å². The number of amides is 2. The van der Waals surface area contributed by atoms with Crippen LogP contribution < -0.4 is 5.32 Å². The summed E-state index contributed by atoms with van der Waals surface area (Å²) in [6.45, 7) is 6.96. The number of nitrogens with zero attached hydrogens (tertiary/aromatic N) is 1. The summed E-state index contributed by atoms with van der Waals surface area (Å²) in [5.41, 5.74) is -0.292. The van der Waals surface area contributed by atoms with Gasteiger partial charge < -0.3 is 15.0 Å². The Bertz CT molecular complexity index is 350. The van der Waals surface area contributed by atoms with E-state index in [1.165, 1.54) is 0 Å². The van der Waals surface area contributed by atoms with Crippen LogP contribution in [-0.4, -0.2) is 47.6 Å². The summed E-state index contributed by atoms with van der Waals surface area (Å²) in [5, 5.41) is 2.76. The Balaban J connectivity index is 2.12. The van der Waals surface area contributed by atoms with E-state index in [4.69, 9.17) is 4.74 Å². The first-order valence-electron chi connectivity index (χ1n) is 6.71. The van der Waals surface area contributed by atoms with Crippen LogP contribution in [0.25, 0.3) is 0 Å². The monoisotopic (exact) mass is 254 g/mol. The number of carbonyl (C=O) groups excluding carboxylic acids is 2. The molecule has 18 heavy (non-hydrogen) atoms. The van der Waals surface area contributed by atoms with Gasteiger partial charge in [-0.2, -0.15) is 0 Å². The highest BCUT2D eigenvalue weighted by Crippen LogP contribution is 2.28. The van der Waals surface area contributed by atoms with Gasteiger partial charge in [0.05, 0.1) is 12.1 Å². The van der Waals surface area contributed by atoms with E-state index >= 15 is 0 Å². The summed E-state index contributed by atoms with van der Waals surface area (Å²) >= 11 is 0. The molecule has 102 valence electrons. The molecule has 5 heteroatoms. The fraction of sp³-hybridized carbons (Fsp3) is 0.846. The summed E-state index contributed by atoms with van der Waals surface area (Å²) in [4.78, 5) is 25.8. The molecule has 0 aromatic rings. The molecule has 0 saturated carbocycles. The number of hydrogen-bond donors (Lipinski definition) is 1. The van der Waals surface area contributed by atoms with Gasteiger partial charge in [-0.1, -0.05) is 6.92 Å². The fourth-order valence-corrected chi connectivity index (χ4v) is 2.70. The third-order valence-corrected chi connectivity index (χ3v) is 3.96. The molecule has 1 N–H and O–H groups in total. The molecule has 0 bridgehead atoms. The van der Waals surface area contributed by atoms with Crippen molar-refractivity contribution in [2.45, 2.75) is 57.7 Å². The molecule has 0 aromatic carbocycles. The zero-order chi connectivity index (χ0) is 13.3. The van der Waals surface area contributed by atoms with E-state index < -0.39 is 6.04 Å². The normalized spacial score (nSPS) is 36.9. The maximum absolute atomic E-state index is 12.3. The van der Waals surface area contributed by atoms with E-state index in [1.54, 1.807) is 11.8 Å². The molecule has 0 spiro atoms. The van der Waals surface area contributed by atoms with Crippen LogP contribution in [0.3, 0.4) is 0 Å². The van der Waals surface area contributed by atoms with Gasteiger partial charge >= 0.3 is 0 Å². The molecular weight excluding hydrogens is 232 g/mol. The van der Waals surface area contributed by atoms with Crippen molar-refractivity contribution >= 4 is 11.8 Å². The van der Waals surface area contributed by atoms with Crippen molar-refractivity contribution in [1.82, 2.24) is 10.2 Å². The topological polar surface area (TPSA) is 58.6 Å². The van der Waals surface area contributed by atoms with Gasteiger partial charge in [0.1, 0.15) is 12.1 Å². The number of carbonyl (C=O) groups is 2. The molecule has 3 unspecified atom stereocenters. The van der Waals surface area contributed by atoms with Crippen LogP contribution in [0.4, 0.5) is 0 Å². The maximum Gasteiger partial charge on any atom is 0.245 e. The summed E-state index contributed by atoms with van der Waals surface area (Å²) in [6.07, 6.45) is 2.60. The first-order valence-corrected chi connectivity index (χ1v) is 6.71. The van der Waals surface area contributed by atoms with E-state index in [0.717, 1.165) is 19.4 Å². The third kappa shape index (κ3) is 2.36. The summed E-state index contributed by atoms with van der Waals surface area (Å²) in [6, 6.07) is -0.778. The van der Waals surface area contributed by atoms with Crippen LogP contribution in [0.5, 0.6) is 0 Å². The van der Waals surface area contributed by atoms with Gasteiger partial charge in [-0.25, -0.2) is 0 Å². The summed E-state index contributed by atoms with van der Waals surface area (Å²) in [7, 11) is 0.